The van der Waals surface area contributed by atoms with Crippen molar-refractivity contribution >= 4 is 28.1 Å². The maximum atomic E-state index is 11.8. The molecule has 0 aliphatic heterocycles. The van der Waals surface area contributed by atoms with Crippen molar-refractivity contribution in [3.63, 3.8) is 0 Å². The van der Waals surface area contributed by atoms with Gasteiger partial charge in [0.05, 0.1) is 0 Å². The SMILES string of the molecule is COCCCS(=O)CCC(=O)Nc1cccc(N)c1C. The molecule has 0 aliphatic carbocycles. The lowest BCUT2D eigenvalue weighted by atomic mass is 10.1. The van der Waals surface area contributed by atoms with E-state index in [0.717, 1.165) is 12.0 Å². The Hall–Kier alpha value is -1.40. The maximum absolute atomic E-state index is 11.8. The highest BCUT2D eigenvalue weighted by Crippen LogP contribution is 2.20. The van der Waals surface area contributed by atoms with Gasteiger partial charge in [0.25, 0.3) is 0 Å². The van der Waals surface area contributed by atoms with Crippen LogP contribution in [0.4, 0.5) is 11.4 Å². The molecule has 1 amide bonds. The van der Waals surface area contributed by atoms with Gasteiger partial charge >= 0.3 is 0 Å². The third kappa shape index (κ3) is 5.71. The van der Waals surface area contributed by atoms with E-state index < -0.39 is 10.8 Å². The number of carbonyl (C=O) groups excluding carboxylic acids is 1. The number of benzene rings is 1. The molecule has 0 fully saturated rings. The van der Waals surface area contributed by atoms with Gasteiger partial charge < -0.3 is 15.8 Å². The van der Waals surface area contributed by atoms with E-state index in [2.05, 4.69) is 5.32 Å². The van der Waals surface area contributed by atoms with Crippen molar-refractivity contribution in [2.45, 2.75) is 19.8 Å². The molecular weight excluding hydrogens is 276 g/mol. The highest BCUT2D eigenvalue weighted by Gasteiger charge is 2.08. The first kappa shape index (κ1) is 16.7. The van der Waals surface area contributed by atoms with Gasteiger partial charge in [-0.1, -0.05) is 6.07 Å². The maximum Gasteiger partial charge on any atom is 0.225 e. The van der Waals surface area contributed by atoms with E-state index in [0.29, 0.717) is 29.5 Å². The Kier molecular flexibility index (Phi) is 7.25. The monoisotopic (exact) mass is 298 g/mol. The van der Waals surface area contributed by atoms with Crippen LogP contribution in [0.3, 0.4) is 0 Å². The molecule has 0 heterocycles. The lowest BCUT2D eigenvalue weighted by Crippen LogP contribution is -2.17. The predicted molar refractivity (Wildman–Crippen MR) is 83.2 cm³/mol. The molecule has 0 saturated heterocycles. The van der Waals surface area contributed by atoms with E-state index >= 15 is 0 Å². The zero-order chi connectivity index (χ0) is 15.0. The molecule has 3 N–H and O–H groups in total. The van der Waals surface area contributed by atoms with E-state index in [1.54, 1.807) is 25.3 Å². The van der Waals surface area contributed by atoms with Gasteiger partial charge in [0.1, 0.15) is 0 Å². The number of rotatable bonds is 8. The Labute approximate surface area is 122 Å². The van der Waals surface area contributed by atoms with Crippen LogP contribution in [0.1, 0.15) is 18.4 Å². The standard InChI is InChI=1S/C14H22N2O3S/c1-11-12(15)5-3-6-13(11)16-14(17)7-10-20(18)9-4-8-19-2/h3,5-6H,4,7-10,15H2,1-2H3,(H,16,17). The molecule has 1 rings (SSSR count). The minimum atomic E-state index is -0.975. The summed E-state index contributed by atoms with van der Waals surface area (Å²) in [5.41, 5.74) is 7.98. The molecular formula is C14H22N2O3S. The first-order valence-corrected chi connectivity index (χ1v) is 8.02. The third-order valence-corrected chi connectivity index (χ3v) is 4.33. The van der Waals surface area contributed by atoms with Gasteiger partial charge in [-0.3, -0.25) is 9.00 Å². The van der Waals surface area contributed by atoms with Crippen LogP contribution in [-0.4, -0.2) is 35.3 Å². The Morgan fingerprint density at radius 2 is 2.15 bits per heavy atom. The van der Waals surface area contributed by atoms with E-state index in [1.165, 1.54) is 0 Å². The molecule has 20 heavy (non-hydrogen) atoms. The molecule has 1 aromatic rings. The van der Waals surface area contributed by atoms with E-state index in [-0.39, 0.29) is 12.3 Å². The van der Waals surface area contributed by atoms with Crippen molar-refractivity contribution in [2.75, 3.05) is 36.3 Å². The van der Waals surface area contributed by atoms with Gasteiger partial charge in [0, 0.05) is 53.8 Å². The van der Waals surface area contributed by atoms with Crippen LogP contribution in [-0.2, 0) is 20.3 Å². The number of nitrogens with two attached hydrogens (primary N) is 1. The average Bonchev–Trinajstić information content (AvgIpc) is 2.42. The van der Waals surface area contributed by atoms with Crippen molar-refractivity contribution in [2.24, 2.45) is 0 Å². The Balaban J connectivity index is 2.37. The lowest BCUT2D eigenvalue weighted by molar-refractivity contribution is -0.115. The van der Waals surface area contributed by atoms with Crippen LogP contribution in [0, 0.1) is 6.92 Å². The van der Waals surface area contributed by atoms with Gasteiger partial charge in [-0.05, 0) is 31.0 Å². The van der Waals surface area contributed by atoms with Crippen LogP contribution < -0.4 is 11.1 Å². The summed E-state index contributed by atoms with van der Waals surface area (Å²) in [7, 11) is 0.640. The summed E-state index contributed by atoms with van der Waals surface area (Å²) in [5.74, 6) is 0.800. The number of nitrogens with one attached hydrogen (secondary N) is 1. The minimum absolute atomic E-state index is 0.140. The number of hydrogen-bond donors (Lipinski definition) is 2. The molecule has 0 saturated carbocycles. The number of anilines is 2. The smallest absolute Gasteiger partial charge is 0.225 e. The topological polar surface area (TPSA) is 81.4 Å². The Bertz CT molecular complexity index is 477. The summed E-state index contributed by atoms with van der Waals surface area (Å²) < 4.78 is 16.5. The molecule has 112 valence electrons. The van der Waals surface area contributed by atoms with Crippen LogP contribution in [0.5, 0.6) is 0 Å². The van der Waals surface area contributed by atoms with Crippen LogP contribution in [0.2, 0.25) is 0 Å². The summed E-state index contributed by atoms with van der Waals surface area (Å²) in [5, 5.41) is 2.80. The molecule has 6 heteroatoms. The first-order valence-electron chi connectivity index (χ1n) is 6.53. The van der Waals surface area contributed by atoms with Crippen molar-refractivity contribution in [3.8, 4) is 0 Å². The highest BCUT2D eigenvalue weighted by molar-refractivity contribution is 7.84. The van der Waals surface area contributed by atoms with Gasteiger partial charge in [0.15, 0.2) is 0 Å². The van der Waals surface area contributed by atoms with Gasteiger partial charge in [-0.2, -0.15) is 0 Å². The molecule has 1 unspecified atom stereocenters. The van der Waals surface area contributed by atoms with Crippen LogP contribution in [0.25, 0.3) is 0 Å². The largest absolute Gasteiger partial charge is 0.398 e. The van der Waals surface area contributed by atoms with Crippen molar-refractivity contribution in [3.05, 3.63) is 23.8 Å². The van der Waals surface area contributed by atoms with Gasteiger partial charge in [-0.15, -0.1) is 0 Å². The first-order chi connectivity index (χ1) is 9.54. The van der Waals surface area contributed by atoms with E-state index in [9.17, 15) is 9.00 Å². The lowest BCUT2D eigenvalue weighted by Gasteiger charge is -2.10. The number of methoxy groups -OCH3 is 1. The van der Waals surface area contributed by atoms with Crippen LogP contribution in [0.15, 0.2) is 18.2 Å². The molecule has 0 bridgehead atoms. The van der Waals surface area contributed by atoms with Crippen molar-refractivity contribution in [1.29, 1.82) is 0 Å². The molecule has 5 nitrogen and oxygen atoms in total. The average molecular weight is 298 g/mol. The normalized spacial score (nSPS) is 12.1. The summed E-state index contributed by atoms with van der Waals surface area (Å²) in [6.45, 7) is 2.45. The third-order valence-electron chi connectivity index (χ3n) is 2.93. The molecule has 0 spiro atoms. The summed E-state index contributed by atoms with van der Waals surface area (Å²) in [6.07, 6.45) is 0.993. The number of nitrogen functional groups attached to an aromatic ring is 1. The highest BCUT2D eigenvalue weighted by atomic mass is 32.2. The molecule has 0 aromatic heterocycles. The number of hydrogen-bond acceptors (Lipinski definition) is 4. The van der Waals surface area contributed by atoms with Gasteiger partial charge in [0.2, 0.25) is 5.91 Å². The minimum Gasteiger partial charge on any atom is -0.398 e. The van der Waals surface area contributed by atoms with E-state index in [1.807, 2.05) is 6.92 Å². The second-order valence-electron chi connectivity index (χ2n) is 4.51. The molecule has 0 aliphatic rings. The zero-order valence-electron chi connectivity index (χ0n) is 12.0. The fourth-order valence-corrected chi connectivity index (χ4v) is 2.73. The number of carbonyl (C=O) groups is 1. The summed E-state index contributed by atoms with van der Waals surface area (Å²) in [4.78, 5) is 11.8. The predicted octanol–water partition coefficient (Wildman–Crippen LogP) is 1.69. The Morgan fingerprint density at radius 1 is 1.40 bits per heavy atom. The molecule has 0 radical (unpaired) electrons. The van der Waals surface area contributed by atoms with Crippen LogP contribution >= 0.6 is 0 Å². The quantitative estimate of drug-likeness (QED) is 0.565. The summed E-state index contributed by atoms with van der Waals surface area (Å²) in [6, 6.07) is 5.38. The molecule has 1 aromatic carbocycles. The second kappa shape index (κ2) is 8.71. The molecule has 1 atom stereocenters. The second-order valence-corrected chi connectivity index (χ2v) is 6.21. The fourth-order valence-electron chi connectivity index (χ4n) is 1.67. The van der Waals surface area contributed by atoms with Crippen molar-refractivity contribution < 1.29 is 13.7 Å². The zero-order valence-corrected chi connectivity index (χ0v) is 12.8. The number of ether oxygens (including phenoxy) is 1. The van der Waals surface area contributed by atoms with Gasteiger partial charge in [-0.25, -0.2) is 0 Å². The van der Waals surface area contributed by atoms with Crippen molar-refractivity contribution in [1.82, 2.24) is 0 Å². The van der Waals surface area contributed by atoms with E-state index in [4.69, 9.17) is 10.5 Å². The fraction of sp³-hybridized carbons (Fsp3) is 0.500. The number of amides is 1. The summed E-state index contributed by atoms with van der Waals surface area (Å²) >= 11 is 0. The Morgan fingerprint density at radius 3 is 2.85 bits per heavy atom.